The highest BCUT2D eigenvalue weighted by atomic mass is 16.7. The van der Waals surface area contributed by atoms with Crippen LogP contribution in [0.5, 0.6) is 0 Å². The van der Waals surface area contributed by atoms with Crippen LogP contribution in [0.15, 0.2) is 42.2 Å². The van der Waals surface area contributed by atoms with Gasteiger partial charge in [-0.3, -0.25) is 0 Å². The van der Waals surface area contributed by atoms with Gasteiger partial charge in [0.1, 0.15) is 0 Å². The summed E-state index contributed by atoms with van der Waals surface area (Å²) in [5.74, 6) is 1.42. The maximum atomic E-state index is 5.64. The molecule has 0 aromatic heterocycles. The van der Waals surface area contributed by atoms with Crippen molar-refractivity contribution >= 4 is 0 Å². The van der Waals surface area contributed by atoms with Gasteiger partial charge in [-0.2, -0.15) is 0 Å². The zero-order valence-corrected chi connectivity index (χ0v) is 11.1. The van der Waals surface area contributed by atoms with E-state index in [1.807, 2.05) is 6.07 Å². The molecule has 0 aliphatic carbocycles. The summed E-state index contributed by atoms with van der Waals surface area (Å²) in [6, 6.07) is 10.5. The average molecular weight is 246 g/mol. The van der Waals surface area contributed by atoms with Gasteiger partial charge < -0.3 is 9.47 Å². The van der Waals surface area contributed by atoms with Gasteiger partial charge in [-0.15, -0.1) is 0 Å². The summed E-state index contributed by atoms with van der Waals surface area (Å²) in [6.07, 6.45) is 6.96. The highest BCUT2D eigenvalue weighted by Crippen LogP contribution is 2.24. The molecule has 1 unspecified atom stereocenters. The van der Waals surface area contributed by atoms with Crippen LogP contribution < -0.4 is 0 Å². The lowest BCUT2D eigenvalue weighted by atomic mass is 9.98. The molecule has 0 saturated carbocycles. The van der Waals surface area contributed by atoms with E-state index >= 15 is 0 Å². The minimum Gasteiger partial charge on any atom is -0.472 e. The third kappa shape index (κ3) is 3.88. The molecule has 1 atom stereocenters. The van der Waals surface area contributed by atoms with Crippen molar-refractivity contribution in [3.8, 4) is 0 Å². The molecule has 0 spiro atoms. The van der Waals surface area contributed by atoms with Gasteiger partial charge in [-0.1, -0.05) is 50.1 Å². The monoisotopic (exact) mass is 246 g/mol. The molecule has 1 heterocycles. The molecule has 0 amide bonds. The Kier molecular flexibility index (Phi) is 5.28. The molecule has 0 fully saturated rings. The molecular weight excluding hydrogens is 224 g/mol. The van der Waals surface area contributed by atoms with E-state index in [0.717, 1.165) is 12.2 Å². The molecule has 0 bridgehead atoms. The maximum Gasteiger partial charge on any atom is 0.188 e. The van der Waals surface area contributed by atoms with Gasteiger partial charge in [-0.25, -0.2) is 0 Å². The van der Waals surface area contributed by atoms with Crippen molar-refractivity contribution in [2.45, 2.75) is 38.5 Å². The third-order valence-corrected chi connectivity index (χ3v) is 3.27. The lowest BCUT2D eigenvalue weighted by molar-refractivity contribution is -0.0180. The van der Waals surface area contributed by atoms with Crippen LogP contribution in [0.4, 0.5) is 0 Å². The zero-order valence-electron chi connectivity index (χ0n) is 11.1. The van der Waals surface area contributed by atoms with Gasteiger partial charge in [0.25, 0.3) is 0 Å². The van der Waals surface area contributed by atoms with Crippen molar-refractivity contribution in [3.05, 3.63) is 47.7 Å². The van der Waals surface area contributed by atoms with Crippen molar-refractivity contribution < 1.29 is 9.47 Å². The molecule has 0 N–H and O–H groups in total. The van der Waals surface area contributed by atoms with E-state index in [1.165, 1.54) is 24.8 Å². The van der Waals surface area contributed by atoms with Crippen LogP contribution in [0.2, 0.25) is 0 Å². The molecule has 1 aliphatic rings. The summed E-state index contributed by atoms with van der Waals surface area (Å²) >= 11 is 0. The molecule has 2 rings (SSSR count). The van der Waals surface area contributed by atoms with E-state index in [4.69, 9.17) is 9.47 Å². The first-order valence-corrected chi connectivity index (χ1v) is 6.86. The van der Waals surface area contributed by atoms with E-state index in [2.05, 4.69) is 37.3 Å². The van der Waals surface area contributed by atoms with Crippen LogP contribution in [0.25, 0.3) is 0 Å². The molecule has 18 heavy (non-hydrogen) atoms. The quantitative estimate of drug-likeness (QED) is 0.723. The number of allylic oxidation sites excluding steroid dienone is 1. The molecule has 1 aromatic carbocycles. The normalized spacial score (nSPS) is 19.8. The van der Waals surface area contributed by atoms with Gasteiger partial charge in [0.05, 0.1) is 12.4 Å². The topological polar surface area (TPSA) is 18.5 Å². The first-order valence-electron chi connectivity index (χ1n) is 6.86. The summed E-state index contributed by atoms with van der Waals surface area (Å²) in [5.41, 5.74) is 1.30. The minimum atomic E-state index is 0.324. The Hall–Kier alpha value is -1.28. The average Bonchev–Trinajstić information content (AvgIpc) is 2.66. The largest absolute Gasteiger partial charge is 0.472 e. The summed E-state index contributed by atoms with van der Waals surface area (Å²) < 4.78 is 11.2. The first-order chi connectivity index (χ1) is 8.90. The highest BCUT2D eigenvalue weighted by molar-refractivity contribution is 5.25. The van der Waals surface area contributed by atoms with Gasteiger partial charge >= 0.3 is 0 Å². The Morgan fingerprint density at radius 1 is 1.17 bits per heavy atom. The molecular formula is C16H22O2. The predicted molar refractivity (Wildman–Crippen MR) is 73.3 cm³/mol. The van der Waals surface area contributed by atoms with Crippen molar-refractivity contribution in [2.75, 3.05) is 13.4 Å². The SMILES string of the molecule is CCCCCC1=CC(c2ccccc2)COCO1. The maximum absolute atomic E-state index is 5.64. The van der Waals surface area contributed by atoms with Crippen LogP contribution >= 0.6 is 0 Å². The van der Waals surface area contributed by atoms with Crippen molar-refractivity contribution in [2.24, 2.45) is 0 Å². The number of unbranched alkanes of at least 4 members (excludes halogenated alkanes) is 2. The van der Waals surface area contributed by atoms with E-state index < -0.39 is 0 Å². The summed E-state index contributed by atoms with van der Waals surface area (Å²) in [7, 11) is 0. The molecule has 2 heteroatoms. The summed E-state index contributed by atoms with van der Waals surface area (Å²) in [6.45, 7) is 3.32. The second-order valence-electron chi connectivity index (χ2n) is 4.74. The fourth-order valence-electron chi connectivity index (χ4n) is 2.21. The predicted octanol–water partition coefficient (Wildman–Crippen LogP) is 4.24. The number of hydrogen-bond donors (Lipinski definition) is 0. The van der Waals surface area contributed by atoms with E-state index in [0.29, 0.717) is 19.3 Å². The molecule has 1 aromatic rings. The van der Waals surface area contributed by atoms with Crippen molar-refractivity contribution in [3.63, 3.8) is 0 Å². The van der Waals surface area contributed by atoms with Crippen LogP contribution in [0, 0.1) is 0 Å². The van der Waals surface area contributed by atoms with Gasteiger partial charge in [-0.05, 0) is 18.1 Å². The van der Waals surface area contributed by atoms with E-state index in [-0.39, 0.29) is 0 Å². The number of benzene rings is 1. The molecule has 1 aliphatic heterocycles. The lowest BCUT2D eigenvalue weighted by Gasteiger charge is -2.10. The third-order valence-electron chi connectivity index (χ3n) is 3.27. The standard InChI is InChI=1S/C16H22O2/c1-2-3-5-10-16-11-15(12-17-13-18-16)14-8-6-4-7-9-14/h4,6-9,11,15H,2-3,5,10,12-13H2,1H3. The Morgan fingerprint density at radius 3 is 2.78 bits per heavy atom. The van der Waals surface area contributed by atoms with Crippen molar-refractivity contribution in [1.82, 2.24) is 0 Å². The van der Waals surface area contributed by atoms with Gasteiger partial charge in [0.2, 0.25) is 0 Å². The Labute approximate surface area is 110 Å². The Morgan fingerprint density at radius 2 is 2.00 bits per heavy atom. The van der Waals surface area contributed by atoms with Crippen LogP contribution in [-0.2, 0) is 9.47 Å². The Bertz CT molecular complexity index is 370. The highest BCUT2D eigenvalue weighted by Gasteiger charge is 2.14. The fourth-order valence-corrected chi connectivity index (χ4v) is 2.21. The number of ether oxygens (including phenoxy) is 2. The molecule has 0 radical (unpaired) electrons. The number of hydrogen-bond acceptors (Lipinski definition) is 2. The lowest BCUT2D eigenvalue weighted by Crippen LogP contribution is -2.03. The van der Waals surface area contributed by atoms with Crippen LogP contribution in [0.1, 0.15) is 44.1 Å². The fraction of sp³-hybridized carbons (Fsp3) is 0.500. The van der Waals surface area contributed by atoms with E-state index in [9.17, 15) is 0 Å². The van der Waals surface area contributed by atoms with Gasteiger partial charge in [0, 0.05) is 12.3 Å². The number of rotatable bonds is 5. The van der Waals surface area contributed by atoms with E-state index in [1.54, 1.807) is 0 Å². The second kappa shape index (κ2) is 7.22. The van der Waals surface area contributed by atoms with Crippen molar-refractivity contribution in [1.29, 1.82) is 0 Å². The molecule has 0 saturated heterocycles. The van der Waals surface area contributed by atoms with Crippen LogP contribution in [-0.4, -0.2) is 13.4 Å². The molecule has 98 valence electrons. The van der Waals surface area contributed by atoms with Gasteiger partial charge in [0.15, 0.2) is 6.79 Å². The first kappa shape index (κ1) is 13.2. The smallest absolute Gasteiger partial charge is 0.188 e. The summed E-state index contributed by atoms with van der Waals surface area (Å²) in [5, 5.41) is 0. The molecule has 2 nitrogen and oxygen atoms in total. The minimum absolute atomic E-state index is 0.324. The second-order valence-corrected chi connectivity index (χ2v) is 4.74. The Balaban J connectivity index is 2.02. The zero-order chi connectivity index (χ0) is 12.6. The summed E-state index contributed by atoms with van der Waals surface area (Å²) in [4.78, 5) is 0. The van der Waals surface area contributed by atoms with Crippen LogP contribution in [0.3, 0.4) is 0 Å².